The zero-order chi connectivity index (χ0) is 25.8. The van der Waals surface area contributed by atoms with E-state index in [-0.39, 0.29) is 39.1 Å². The molecule has 2 amide bonds. The molecule has 0 bridgehead atoms. The van der Waals surface area contributed by atoms with Crippen LogP contribution in [-0.4, -0.2) is 39.3 Å². The SMILES string of the molecule is N=C1O[C@@H](c2ccc(Cl)cc2Cl)C(=N/NC(=O)c2ccccc2O)/C1=N\NC(=O)c1ccccc1O. The van der Waals surface area contributed by atoms with E-state index in [1.807, 2.05) is 0 Å². The third-order valence-corrected chi connectivity index (χ3v) is 5.59. The summed E-state index contributed by atoms with van der Waals surface area (Å²) >= 11 is 12.3. The largest absolute Gasteiger partial charge is 0.507 e. The fourth-order valence-corrected chi connectivity index (χ4v) is 3.79. The van der Waals surface area contributed by atoms with Gasteiger partial charge in [-0.2, -0.15) is 10.2 Å². The molecule has 1 atom stereocenters. The molecule has 4 rings (SSSR count). The Morgan fingerprint density at radius 2 is 1.42 bits per heavy atom. The Kier molecular flexibility index (Phi) is 7.18. The number of benzene rings is 3. The maximum Gasteiger partial charge on any atom is 0.275 e. The number of aromatic hydroxyl groups is 2. The molecule has 0 unspecified atom stereocenters. The minimum Gasteiger partial charge on any atom is -0.507 e. The van der Waals surface area contributed by atoms with Gasteiger partial charge in [0.25, 0.3) is 11.8 Å². The van der Waals surface area contributed by atoms with Crippen molar-refractivity contribution in [3.63, 3.8) is 0 Å². The standard InChI is InChI=1S/C24H17Cl2N5O5/c25-12-9-10-13(16(26)11-12)21-19(28-30-23(34)14-5-1-3-7-17(14)32)20(22(27)36-21)29-31-24(35)15-6-2-4-8-18(15)33/h1-11,21,27,32-33H,(H,30,34)(H,31,35)/b27-22?,28-19+,29-20+/t21-/m0/s1. The number of ether oxygens (including phenoxy) is 1. The number of hydrogen-bond donors (Lipinski definition) is 5. The summed E-state index contributed by atoms with van der Waals surface area (Å²) in [6, 6.07) is 16.3. The number of hydrogen-bond acceptors (Lipinski definition) is 8. The Bertz CT molecular complexity index is 1440. The van der Waals surface area contributed by atoms with Crippen LogP contribution >= 0.6 is 23.2 Å². The van der Waals surface area contributed by atoms with Crippen molar-refractivity contribution in [2.45, 2.75) is 6.10 Å². The molecule has 182 valence electrons. The fourth-order valence-electron chi connectivity index (χ4n) is 3.28. The second-order valence-electron chi connectivity index (χ2n) is 7.37. The van der Waals surface area contributed by atoms with Crippen LogP contribution in [-0.2, 0) is 4.74 Å². The van der Waals surface area contributed by atoms with Crippen LogP contribution in [0.1, 0.15) is 32.4 Å². The van der Waals surface area contributed by atoms with E-state index < -0.39 is 23.8 Å². The first-order valence-corrected chi connectivity index (χ1v) is 11.0. The summed E-state index contributed by atoms with van der Waals surface area (Å²) in [6.07, 6.45) is -1.08. The predicted molar refractivity (Wildman–Crippen MR) is 134 cm³/mol. The van der Waals surface area contributed by atoms with E-state index in [0.29, 0.717) is 10.6 Å². The molecule has 0 saturated carbocycles. The molecule has 12 heteroatoms. The molecule has 0 radical (unpaired) electrons. The molecule has 10 nitrogen and oxygen atoms in total. The number of phenolic OH excluding ortho intramolecular Hbond substituents is 2. The van der Waals surface area contributed by atoms with Crippen LogP contribution in [0.4, 0.5) is 0 Å². The summed E-state index contributed by atoms with van der Waals surface area (Å²) in [5.74, 6) is -2.47. The van der Waals surface area contributed by atoms with Gasteiger partial charge in [-0.05, 0) is 36.4 Å². The number of hydrazone groups is 2. The van der Waals surface area contributed by atoms with Crippen LogP contribution in [0.2, 0.25) is 10.0 Å². The highest BCUT2D eigenvalue weighted by atomic mass is 35.5. The molecule has 3 aromatic rings. The Morgan fingerprint density at radius 1 is 0.861 bits per heavy atom. The summed E-state index contributed by atoms with van der Waals surface area (Å²) < 4.78 is 5.61. The zero-order valence-corrected chi connectivity index (χ0v) is 19.7. The van der Waals surface area contributed by atoms with E-state index in [1.54, 1.807) is 36.4 Å². The molecule has 1 heterocycles. The smallest absolute Gasteiger partial charge is 0.275 e. The molecular formula is C24H17Cl2N5O5. The van der Waals surface area contributed by atoms with Gasteiger partial charge in [-0.25, -0.2) is 10.9 Å². The summed E-state index contributed by atoms with van der Waals surface area (Å²) in [5.41, 5.74) is 4.59. The third kappa shape index (κ3) is 5.14. The quantitative estimate of drug-likeness (QED) is 0.318. The van der Waals surface area contributed by atoms with E-state index in [0.717, 1.165) is 0 Å². The average Bonchev–Trinajstić information content (AvgIpc) is 3.16. The number of nitrogens with zero attached hydrogens (tertiary/aromatic N) is 2. The summed E-state index contributed by atoms with van der Waals surface area (Å²) in [5, 5.41) is 36.7. The van der Waals surface area contributed by atoms with E-state index in [9.17, 15) is 19.8 Å². The maximum atomic E-state index is 12.6. The first-order chi connectivity index (χ1) is 17.3. The van der Waals surface area contributed by atoms with Crippen molar-refractivity contribution >= 4 is 52.3 Å². The second kappa shape index (κ2) is 10.5. The molecule has 3 aromatic carbocycles. The van der Waals surface area contributed by atoms with Gasteiger partial charge in [-0.15, -0.1) is 0 Å². The molecule has 1 saturated heterocycles. The molecule has 0 spiro atoms. The van der Waals surface area contributed by atoms with E-state index in [2.05, 4.69) is 21.1 Å². The number of halogens is 2. The van der Waals surface area contributed by atoms with Crippen molar-refractivity contribution in [2.75, 3.05) is 0 Å². The van der Waals surface area contributed by atoms with Crippen LogP contribution in [0, 0.1) is 5.41 Å². The van der Waals surface area contributed by atoms with E-state index >= 15 is 0 Å². The second-order valence-corrected chi connectivity index (χ2v) is 8.21. The lowest BCUT2D eigenvalue weighted by atomic mass is 10.0. The molecule has 1 fully saturated rings. The molecule has 1 aliphatic heterocycles. The highest BCUT2D eigenvalue weighted by molar-refractivity contribution is 6.69. The van der Waals surface area contributed by atoms with Crippen molar-refractivity contribution in [1.29, 1.82) is 5.41 Å². The Balaban J connectivity index is 1.70. The average molecular weight is 526 g/mol. The van der Waals surface area contributed by atoms with Gasteiger partial charge in [0, 0.05) is 15.6 Å². The predicted octanol–water partition coefficient (Wildman–Crippen LogP) is 4.03. The van der Waals surface area contributed by atoms with Crippen LogP contribution in [0.15, 0.2) is 76.9 Å². The first kappa shape index (κ1) is 24.7. The Morgan fingerprint density at radius 3 is 1.97 bits per heavy atom. The highest BCUT2D eigenvalue weighted by Crippen LogP contribution is 2.33. The molecule has 1 aliphatic rings. The van der Waals surface area contributed by atoms with Gasteiger partial charge in [0.2, 0.25) is 5.90 Å². The molecular weight excluding hydrogens is 509 g/mol. The molecule has 0 aromatic heterocycles. The van der Waals surface area contributed by atoms with Gasteiger partial charge < -0.3 is 14.9 Å². The van der Waals surface area contributed by atoms with Gasteiger partial charge in [0.05, 0.1) is 11.1 Å². The first-order valence-electron chi connectivity index (χ1n) is 10.3. The number of amides is 2. The minimum absolute atomic E-state index is 0.0386. The van der Waals surface area contributed by atoms with E-state index in [1.165, 1.54) is 30.3 Å². The lowest BCUT2D eigenvalue weighted by molar-refractivity contribution is 0.0943. The monoisotopic (exact) mass is 525 g/mol. The van der Waals surface area contributed by atoms with Crippen LogP contribution < -0.4 is 10.9 Å². The van der Waals surface area contributed by atoms with Gasteiger partial charge in [0.15, 0.2) is 11.8 Å². The fraction of sp³-hybridized carbons (Fsp3) is 0.0417. The summed E-state index contributed by atoms with van der Waals surface area (Å²) in [6.45, 7) is 0. The zero-order valence-electron chi connectivity index (χ0n) is 18.2. The maximum absolute atomic E-state index is 12.6. The highest BCUT2D eigenvalue weighted by Gasteiger charge is 2.39. The van der Waals surface area contributed by atoms with Gasteiger partial charge >= 0.3 is 0 Å². The van der Waals surface area contributed by atoms with Crippen LogP contribution in [0.5, 0.6) is 11.5 Å². The molecule has 0 aliphatic carbocycles. The third-order valence-electron chi connectivity index (χ3n) is 5.03. The lowest BCUT2D eigenvalue weighted by Crippen LogP contribution is -2.28. The Hall–Kier alpha value is -4.41. The normalized spacial score (nSPS) is 17.2. The number of carbonyl (C=O) groups is 2. The van der Waals surface area contributed by atoms with Crippen molar-refractivity contribution in [3.8, 4) is 11.5 Å². The topological polar surface area (TPSA) is 156 Å². The Labute approximate surface area is 214 Å². The van der Waals surface area contributed by atoms with Gasteiger partial charge in [-0.1, -0.05) is 53.5 Å². The van der Waals surface area contributed by atoms with Gasteiger partial charge in [-0.3, -0.25) is 15.0 Å². The lowest BCUT2D eigenvalue weighted by Gasteiger charge is -2.13. The van der Waals surface area contributed by atoms with Crippen molar-refractivity contribution in [2.24, 2.45) is 10.2 Å². The van der Waals surface area contributed by atoms with Crippen LogP contribution in [0.3, 0.4) is 0 Å². The van der Waals surface area contributed by atoms with E-state index in [4.69, 9.17) is 33.3 Å². The van der Waals surface area contributed by atoms with Crippen molar-refractivity contribution in [1.82, 2.24) is 10.9 Å². The number of rotatable bonds is 5. The minimum atomic E-state index is -1.08. The molecule has 36 heavy (non-hydrogen) atoms. The summed E-state index contributed by atoms with van der Waals surface area (Å²) in [7, 11) is 0. The number of para-hydroxylation sites is 2. The van der Waals surface area contributed by atoms with Crippen molar-refractivity contribution in [3.05, 3.63) is 93.5 Å². The number of phenols is 2. The number of nitrogens with one attached hydrogen (secondary N) is 3. The van der Waals surface area contributed by atoms with Gasteiger partial charge in [0.1, 0.15) is 17.2 Å². The van der Waals surface area contributed by atoms with Crippen LogP contribution in [0.25, 0.3) is 0 Å². The summed E-state index contributed by atoms with van der Waals surface area (Å²) in [4.78, 5) is 25.1. The van der Waals surface area contributed by atoms with Crippen molar-refractivity contribution < 1.29 is 24.5 Å². The number of carbonyl (C=O) groups excluding carboxylic acids is 2. The molecule has 5 N–H and O–H groups in total.